The lowest BCUT2D eigenvalue weighted by Crippen LogP contribution is -2.56. The first-order valence-corrected chi connectivity index (χ1v) is 7.24. The van der Waals surface area contributed by atoms with Gasteiger partial charge < -0.3 is 16.2 Å². The molecule has 4 N–H and O–H groups in total. The molecule has 5 heteroatoms. The zero-order valence-corrected chi connectivity index (χ0v) is 12.6. The number of carbonyl (C=O) groups is 2. The van der Waals surface area contributed by atoms with Crippen LogP contribution in [-0.2, 0) is 16.0 Å². The van der Waals surface area contributed by atoms with Gasteiger partial charge in [-0.15, -0.1) is 0 Å². The molecule has 0 aliphatic carbocycles. The van der Waals surface area contributed by atoms with E-state index in [-0.39, 0.29) is 0 Å². The van der Waals surface area contributed by atoms with Crippen LogP contribution in [0.25, 0.3) is 0 Å². The van der Waals surface area contributed by atoms with E-state index in [1.165, 1.54) is 6.92 Å². The van der Waals surface area contributed by atoms with Crippen LogP contribution in [0, 0.1) is 0 Å². The minimum absolute atomic E-state index is 0.374. The Labute approximate surface area is 125 Å². The van der Waals surface area contributed by atoms with E-state index in [1.54, 1.807) is 0 Å². The molecule has 1 aromatic rings. The van der Waals surface area contributed by atoms with Crippen LogP contribution < -0.4 is 11.1 Å². The van der Waals surface area contributed by atoms with E-state index < -0.39 is 23.5 Å². The third-order valence-corrected chi connectivity index (χ3v) is 3.54. The van der Waals surface area contributed by atoms with E-state index in [0.29, 0.717) is 25.7 Å². The summed E-state index contributed by atoms with van der Waals surface area (Å²) in [4.78, 5) is 23.4. The molecule has 1 rings (SSSR count). The number of rotatable bonds is 8. The summed E-state index contributed by atoms with van der Waals surface area (Å²) in [5.41, 5.74) is 5.72. The summed E-state index contributed by atoms with van der Waals surface area (Å²) in [6, 6.07) is 9.04. The fourth-order valence-corrected chi connectivity index (χ4v) is 2.19. The predicted molar refractivity (Wildman–Crippen MR) is 81.8 cm³/mol. The summed E-state index contributed by atoms with van der Waals surface area (Å²) in [6.45, 7) is 3.39. The lowest BCUT2D eigenvalue weighted by molar-refractivity contribution is -0.147. The third-order valence-electron chi connectivity index (χ3n) is 3.54. The Kier molecular flexibility index (Phi) is 6.37. The van der Waals surface area contributed by atoms with Crippen molar-refractivity contribution in [1.29, 1.82) is 0 Å². The van der Waals surface area contributed by atoms with Crippen LogP contribution in [0.1, 0.15) is 38.7 Å². The highest BCUT2D eigenvalue weighted by Gasteiger charge is 2.34. The summed E-state index contributed by atoms with van der Waals surface area (Å²) < 4.78 is 0. The highest BCUT2D eigenvalue weighted by atomic mass is 16.4. The number of aliphatic carboxylic acids is 1. The summed E-state index contributed by atoms with van der Waals surface area (Å²) in [5.74, 6) is -1.45. The van der Waals surface area contributed by atoms with Gasteiger partial charge in [0.1, 0.15) is 5.54 Å². The number of carbonyl (C=O) groups excluding carboxylic acids is 1. The van der Waals surface area contributed by atoms with Gasteiger partial charge in [-0.05, 0) is 31.7 Å². The van der Waals surface area contributed by atoms with Gasteiger partial charge in [0.05, 0.1) is 6.04 Å². The summed E-state index contributed by atoms with van der Waals surface area (Å²) in [6.07, 6.45) is 2.21. The van der Waals surface area contributed by atoms with Crippen LogP contribution in [0.4, 0.5) is 0 Å². The van der Waals surface area contributed by atoms with E-state index in [1.807, 2.05) is 37.3 Å². The van der Waals surface area contributed by atoms with E-state index in [0.717, 1.165) is 5.56 Å². The molecule has 2 atom stereocenters. The molecular formula is C16H24N2O3. The second-order valence-corrected chi connectivity index (χ2v) is 5.51. The first-order chi connectivity index (χ1) is 9.89. The smallest absolute Gasteiger partial charge is 0.329 e. The summed E-state index contributed by atoms with van der Waals surface area (Å²) >= 11 is 0. The molecule has 0 saturated heterocycles. The van der Waals surface area contributed by atoms with Gasteiger partial charge in [-0.25, -0.2) is 4.79 Å². The van der Waals surface area contributed by atoms with Gasteiger partial charge in [0.2, 0.25) is 5.91 Å². The van der Waals surface area contributed by atoms with Crippen molar-refractivity contribution in [2.24, 2.45) is 5.73 Å². The topological polar surface area (TPSA) is 92.4 Å². The molecule has 0 radical (unpaired) electrons. The number of aryl methyl sites for hydroxylation is 1. The van der Waals surface area contributed by atoms with Gasteiger partial charge in [-0.2, -0.15) is 0 Å². The first kappa shape index (κ1) is 17.2. The molecule has 1 unspecified atom stereocenters. The Morgan fingerprint density at radius 1 is 1.33 bits per heavy atom. The second kappa shape index (κ2) is 7.78. The molecule has 0 aromatic heterocycles. The largest absolute Gasteiger partial charge is 0.480 e. The Hall–Kier alpha value is -1.88. The number of benzene rings is 1. The molecule has 0 aliphatic rings. The Balaban J connectivity index is 2.55. The monoisotopic (exact) mass is 292 g/mol. The third kappa shape index (κ3) is 5.19. The summed E-state index contributed by atoms with van der Waals surface area (Å²) in [7, 11) is 0. The molecule has 116 valence electrons. The molecule has 0 heterocycles. The van der Waals surface area contributed by atoms with Crippen molar-refractivity contribution in [2.75, 3.05) is 0 Å². The summed E-state index contributed by atoms with van der Waals surface area (Å²) in [5, 5.41) is 11.8. The number of nitrogens with one attached hydrogen (secondary N) is 1. The molecule has 0 fully saturated rings. The lowest BCUT2D eigenvalue weighted by atomic mass is 9.95. The molecular weight excluding hydrogens is 268 g/mol. The molecule has 0 bridgehead atoms. The van der Waals surface area contributed by atoms with Gasteiger partial charge in [-0.3, -0.25) is 4.79 Å². The van der Waals surface area contributed by atoms with Crippen LogP contribution in [0.2, 0.25) is 0 Å². The zero-order valence-electron chi connectivity index (χ0n) is 12.6. The van der Waals surface area contributed by atoms with Crippen LogP contribution in [0.5, 0.6) is 0 Å². The average Bonchev–Trinajstić information content (AvgIpc) is 2.45. The highest BCUT2D eigenvalue weighted by molar-refractivity contribution is 5.89. The molecule has 0 saturated carbocycles. The number of carboxylic acids is 1. The van der Waals surface area contributed by atoms with Crippen molar-refractivity contribution >= 4 is 11.9 Å². The molecule has 1 amide bonds. The Morgan fingerprint density at radius 2 is 1.95 bits per heavy atom. The SMILES string of the molecule is CCCC(C)(NC(=O)[C@@H](N)CCc1ccccc1)C(=O)O. The first-order valence-electron chi connectivity index (χ1n) is 7.24. The van der Waals surface area contributed by atoms with E-state index in [4.69, 9.17) is 5.73 Å². The second-order valence-electron chi connectivity index (χ2n) is 5.51. The van der Waals surface area contributed by atoms with Crippen LogP contribution in [0.3, 0.4) is 0 Å². The Morgan fingerprint density at radius 3 is 2.48 bits per heavy atom. The minimum atomic E-state index is -1.25. The standard InChI is InChI=1S/C16H24N2O3/c1-3-11-16(2,15(20)21)18-14(19)13(17)10-9-12-7-5-4-6-8-12/h4-8,13H,3,9-11,17H2,1-2H3,(H,18,19)(H,20,21)/t13-,16?/m0/s1. The van der Waals surface area contributed by atoms with Crippen LogP contribution in [0.15, 0.2) is 30.3 Å². The van der Waals surface area contributed by atoms with Crippen molar-refractivity contribution in [3.05, 3.63) is 35.9 Å². The van der Waals surface area contributed by atoms with E-state index in [2.05, 4.69) is 5.32 Å². The zero-order chi connectivity index (χ0) is 15.9. The van der Waals surface area contributed by atoms with Crippen LogP contribution >= 0.6 is 0 Å². The maximum absolute atomic E-state index is 12.1. The highest BCUT2D eigenvalue weighted by Crippen LogP contribution is 2.13. The van der Waals surface area contributed by atoms with Crippen molar-refractivity contribution in [1.82, 2.24) is 5.32 Å². The van der Waals surface area contributed by atoms with Gasteiger partial charge in [0, 0.05) is 0 Å². The number of nitrogens with two attached hydrogens (primary N) is 1. The Bertz CT molecular complexity index is 476. The van der Waals surface area contributed by atoms with Crippen molar-refractivity contribution < 1.29 is 14.7 Å². The van der Waals surface area contributed by atoms with Gasteiger partial charge in [-0.1, -0.05) is 43.7 Å². The molecule has 5 nitrogen and oxygen atoms in total. The number of carboxylic acid groups (broad SMARTS) is 1. The van der Waals surface area contributed by atoms with Gasteiger partial charge in [0.15, 0.2) is 0 Å². The lowest BCUT2D eigenvalue weighted by Gasteiger charge is -2.27. The van der Waals surface area contributed by atoms with Gasteiger partial charge in [0.25, 0.3) is 0 Å². The maximum atomic E-state index is 12.1. The quantitative estimate of drug-likeness (QED) is 0.680. The average molecular weight is 292 g/mol. The van der Waals surface area contributed by atoms with Crippen LogP contribution in [-0.4, -0.2) is 28.6 Å². The van der Waals surface area contributed by atoms with E-state index in [9.17, 15) is 14.7 Å². The normalized spacial score (nSPS) is 15.0. The number of amides is 1. The molecule has 21 heavy (non-hydrogen) atoms. The fourth-order valence-electron chi connectivity index (χ4n) is 2.19. The van der Waals surface area contributed by atoms with Crippen molar-refractivity contribution in [3.63, 3.8) is 0 Å². The van der Waals surface area contributed by atoms with Gasteiger partial charge >= 0.3 is 5.97 Å². The maximum Gasteiger partial charge on any atom is 0.329 e. The molecule has 1 aromatic carbocycles. The number of hydrogen-bond acceptors (Lipinski definition) is 3. The van der Waals surface area contributed by atoms with Crippen molar-refractivity contribution in [3.8, 4) is 0 Å². The van der Waals surface area contributed by atoms with Crippen molar-refractivity contribution in [2.45, 2.75) is 51.1 Å². The molecule has 0 aliphatic heterocycles. The predicted octanol–water partition coefficient (Wildman–Crippen LogP) is 1.71. The van der Waals surface area contributed by atoms with E-state index >= 15 is 0 Å². The minimum Gasteiger partial charge on any atom is -0.480 e. The number of hydrogen-bond donors (Lipinski definition) is 3. The molecule has 0 spiro atoms. The fraction of sp³-hybridized carbons (Fsp3) is 0.500.